The van der Waals surface area contributed by atoms with Crippen LogP contribution in [0.25, 0.3) is 5.82 Å². The molecule has 0 radical (unpaired) electrons. The van der Waals surface area contributed by atoms with E-state index in [4.69, 9.17) is 16.3 Å². The highest BCUT2D eigenvalue weighted by molar-refractivity contribution is 6.29. The minimum Gasteiger partial charge on any atom is -0.444 e. The fourth-order valence-corrected chi connectivity index (χ4v) is 2.43. The van der Waals surface area contributed by atoms with Crippen LogP contribution in [0.1, 0.15) is 64.1 Å². The number of amides is 1. The predicted molar refractivity (Wildman–Crippen MR) is 91.7 cm³/mol. The van der Waals surface area contributed by atoms with Gasteiger partial charge in [-0.05, 0) is 40.5 Å². The molecule has 1 atom stereocenters. The number of alkyl carbamates (subject to hydrolysis) is 1. The monoisotopic (exact) mass is 364 g/mol. The molecule has 1 unspecified atom stereocenters. The van der Waals surface area contributed by atoms with Crippen LogP contribution in [-0.4, -0.2) is 36.4 Å². The summed E-state index contributed by atoms with van der Waals surface area (Å²) in [6, 6.07) is 1.19. The number of carbonyl (C=O) groups excluding carboxylic acids is 1. The van der Waals surface area contributed by atoms with E-state index in [-0.39, 0.29) is 0 Å². The molecule has 1 saturated carbocycles. The number of hydrogen-bond acceptors (Lipinski definition) is 6. The third-order valence-electron chi connectivity index (χ3n) is 3.55. The minimum atomic E-state index is -0.573. The molecule has 1 fully saturated rings. The molecule has 25 heavy (non-hydrogen) atoms. The highest BCUT2D eigenvalue weighted by Gasteiger charge is 2.31. The third-order valence-corrected chi connectivity index (χ3v) is 3.75. The van der Waals surface area contributed by atoms with Gasteiger partial charge in [0.05, 0.1) is 6.04 Å². The molecule has 134 valence electrons. The minimum absolute atomic E-state index is 0.312. The van der Waals surface area contributed by atoms with Crippen LogP contribution >= 0.6 is 11.6 Å². The van der Waals surface area contributed by atoms with Crippen molar-refractivity contribution in [2.45, 2.75) is 58.1 Å². The zero-order chi connectivity index (χ0) is 18.2. The summed E-state index contributed by atoms with van der Waals surface area (Å²) in [6.45, 7) is 7.26. The number of nitrogens with zero attached hydrogens (tertiary/aromatic N) is 5. The number of ether oxygens (including phenoxy) is 1. The number of nitrogens with one attached hydrogen (secondary N) is 1. The van der Waals surface area contributed by atoms with Crippen LogP contribution in [0.5, 0.6) is 0 Å². The average molecular weight is 365 g/mol. The molecule has 1 amide bonds. The van der Waals surface area contributed by atoms with Crippen molar-refractivity contribution in [2.75, 3.05) is 0 Å². The Balaban J connectivity index is 1.87. The van der Waals surface area contributed by atoms with E-state index in [1.54, 1.807) is 10.7 Å². The number of carbonyl (C=O) groups is 1. The number of aromatic nitrogens is 5. The van der Waals surface area contributed by atoms with Crippen LogP contribution in [0.15, 0.2) is 12.4 Å². The number of halogens is 1. The summed E-state index contributed by atoms with van der Waals surface area (Å²) < 4.78 is 6.91. The van der Waals surface area contributed by atoms with Crippen LogP contribution < -0.4 is 5.32 Å². The Morgan fingerprint density at radius 2 is 2.12 bits per heavy atom. The van der Waals surface area contributed by atoms with E-state index in [0.717, 1.165) is 18.7 Å². The fourth-order valence-electron chi connectivity index (χ4n) is 2.29. The predicted octanol–water partition coefficient (Wildman–Crippen LogP) is 3.17. The van der Waals surface area contributed by atoms with Gasteiger partial charge in [0.15, 0.2) is 17.5 Å². The molecule has 3 rings (SSSR count). The molecule has 8 nitrogen and oxygen atoms in total. The van der Waals surface area contributed by atoms with E-state index in [1.807, 2.05) is 27.7 Å². The van der Waals surface area contributed by atoms with E-state index in [9.17, 15) is 4.79 Å². The highest BCUT2D eigenvalue weighted by Crippen LogP contribution is 2.38. The van der Waals surface area contributed by atoms with Gasteiger partial charge in [-0.1, -0.05) is 11.6 Å². The first-order chi connectivity index (χ1) is 11.7. The third kappa shape index (κ3) is 4.45. The van der Waals surface area contributed by atoms with Crippen molar-refractivity contribution in [3.8, 4) is 5.82 Å². The van der Waals surface area contributed by atoms with Gasteiger partial charge in [-0.15, -0.1) is 5.10 Å². The van der Waals surface area contributed by atoms with Crippen LogP contribution in [0.3, 0.4) is 0 Å². The second kappa shape index (κ2) is 6.59. The quantitative estimate of drug-likeness (QED) is 0.837. The molecule has 1 aliphatic rings. The molecule has 0 bridgehead atoms. The van der Waals surface area contributed by atoms with Crippen molar-refractivity contribution >= 4 is 17.7 Å². The normalized spacial score (nSPS) is 15.7. The van der Waals surface area contributed by atoms with E-state index >= 15 is 0 Å². The molecule has 1 N–H and O–H groups in total. The zero-order valence-electron chi connectivity index (χ0n) is 14.7. The van der Waals surface area contributed by atoms with Gasteiger partial charge in [-0.25, -0.2) is 19.7 Å². The molecule has 2 aromatic heterocycles. The number of rotatable bonds is 4. The summed E-state index contributed by atoms with van der Waals surface area (Å²) in [5.41, 5.74) is -0.573. The summed E-state index contributed by atoms with van der Waals surface area (Å²) >= 11 is 5.96. The summed E-state index contributed by atoms with van der Waals surface area (Å²) in [5.74, 6) is 2.20. The van der Waals surface area contributed by atoms with E-state index in [1.165, 1.54) is 6.33 Å². The molecule has 0 spiro atoms. The Labute approximate surface area is 151 Å². The molecule has 2 heterocycles. The Morgan fingerprint density at radius 1 is 1.40 bits per heavy atom. The highest BCUT2D eigenvalue weighted by atomic mass is 35.5. The lowest BCUT2D eigenvalue weighted by atomic mass is 10.2. The maximum absolute atomic E-state index is 12.1. The van der Waals surface area contributed by atoms with E-state index in [2.05, 4.69) is 25.4 Å². The molecule has 0 aliphatic heterocycles. The molecule has 9 heteroatoms. The molecular weight excluding hydrogens is 344 g/mol. The lowest BCUT2D eigenvalue weighted by Crippen LogP contribution is -2.35. The lowest BCUT2D eigenvalue weighted by molar-refractivity contribution is 0.0505. The summed E-state index contributed by atoms with van der Waals surface area (Å²) in [4.78, 5) is 24.8. The summed E-state index contributed by atoms with van der Waals surface area (Å²) in [7, 11) is 0. The van der Waals surface area contributed by atoms with Crippen LogP contribution in [-0.2, 0) is 4.74 Å². The van der Waals surface area contributed by atoms with Gasteiger partial charge in [-0.3, -0.25) is 0 Å². The fraction of sp³-hybridized carbons (Fsp3) is 0.562. The molecule has 0 aromatic carbocycles. The second-order valence-electron chi connectivity index (χ2n) is 7.08. The Bertz CT molecular complexity index is 781. The summed E-state index contributed by atoms with van der Waals surface area (Å²) in [5, 5.41) is 7.65. The molecular formula is C16H21ClN6O2. The molecule has 1 aliphatic carbocycles. The standard InChI is InChI=1S/C16H21ClN6O2/c1-9(20-15(24)25-16(2,3)4)14-21-13(10-5-6-10)22-23(14)12-7-11(17)18-8-19-12/h7-10H,5-6H2,1-4H3,(H,20,24). The van der Waals surface area contributed by atoms with Crippen molar-refractivity contribution in [1.29, 1.82) is 0 Å². The van der Waals surface area contributed by atoms with E-state index < -0.39 is 17.7 Å². The first-order valence-corrected chi connectivity index (χ1v) is 8.55. The SMILES string of the molecule is CC(NC(=O)OC(C)(C)C)c1nc(C2CC2)nn1-c1cc(Cl)ncn1. The maximum Gasteiger partial charge on any atom is 0.408 e. The van der Waals surface area contributed by atoms with Crippen LogP contribution in [0.2, 0.25) is 5.15 Å². The van der Waals surface area contributed by atoms with Crippen molar-refractivity contribution in [3.63, 3.8) is 0 Å². The molecule has 2 aromatic rings. The van der Waals surface area contributed by atoms with Crippen molar-refractivity contribution in [2.24, 2.45) is 0 Å². The van der Waals surface area contributed by atoms with Gasteiger partial charge in [0.2, 0.25) is 0 Å². The largest absolute Gasteiger partial charge is 0.444 e. The van der Waals surface area contributed by atoms with Crippen molar-refractivity contribution in [3.05, 3.63) is 29.2 Å². The number of hydrogen-bond donors (Lipinski definition) is 1. The maximum atomic E-state index is 12.1. The van der Waals surface area contributed by atoms with Gasteiger partial charge < -0.3 is 10.1 Å². The first kappa shape index (κ1) is 17.6. The van der Waals surface area contributed by atoms with Gasteiger partial charge in [0.1, 0.15) is 17.1 Å². The van der Waals surface area contributed by atoms with Gasteiger partial charge in [0, 0.05) is 12.0 Å². The van der Waals surface area contributed by atoms with Gasteiger partial charge in [-0.2, -0.15) is 4.68 Å². The Morgan fingerprint density at radius 3 is 2.72 bits per heavy atom. The topological polar surface area (TPSA) is 94.8 Å². The van der Waals surface area contributed by atoms with Crippen LogP contribution in [0.4, 0.5) is 4.79 Å². The molecule has 0 saturated heterocycles. The Kier molecular flexibility index (Phi) is 4.64. The van der Waals surface area contributed by atoms with Crippen LogP contribution in [0, 0.1) is 0 Å². The Hall–Kier alpha value is -2.22. The smallest absolute Gasteiger partial charge is 0.408 e. The van der Waals surface area contributed by atoms with Crippen molar-refractivity contribution in [1.82, 2.24) is 30.0 Å². The lowest BCUT2D eigenvalue weighted by Gasteiger charge is -2.21. The first-order valence-electron chi connectivity index (χ1n) is 8.17. The zero-order valence-corrected chi connectivity index (χ0v) is 15.4. The average Bonchev–Trinajstić information content (AvgIpc) is 3.23. The van der Waals surface area contributed by atoms with Gasteiger partial charge in [0.25, 0.3) is 0 Å². The van der Waals surface area contributed by atoms with E-state index in [0.29, 0.717) is 22.7 Å². The summed E-state index contributed by atoms with van der Waals surface area (Å²) in [6.07, 6.45) is 3.00. The van der Waals surface area contributed by atoms with Gasteiger partial charge >= 0.3 is 6.09 Å². The van der Waals surface area contributed by atoms with Crippen molar-refractivity contribution < 1.29 is 9.53 Å². The second-order valence-corrected chi connectivity index (χ2v) is 7.47.